The number of carbonyl (C=O) groups is 2. The Morgan fingerprint density at radius 2 is 2.00 bits per heavy atom. The number of hydrogen-bond donors (Lipinski definition) is 2. The SMILES string of the molecule is NC(=O)c1ccc(NC(=O)CSc2nnc(-c3cccs3)o2)cc1. The highest BCUT2D eigenvalue weighted by atomic mass is 32.2. The first kappa shape index (κ1) is 16.2. The van der Waals surface area contributed by atoms with E-state index in [4.69, 9.17) is 10.2 Å². The van der Waals surface area contributed by atoms with Crippen LogP contribution in [0.2, 0.25) is 0 Å². The summed E-state index contributed by atoms with van der Waals surface area (Å²) in [5.41, 5.74) is 6.12. The second-order valence-electron chi connectivity index (χ2n) is 4.63. The molecule has 1 aromatic carbocycles. The molecule has 0 fully saturated rings. The quantitative estimate of drug-likeness (QED) is 0.654. The van der Waals surface area contributed by atoms with Crippen molar-refractivity contribution in [1.29, 1.82) is 0 Å². The third-order valence-corrected chi connectivity index (χ3v) is 4.59. The number of anilines is 1. The third kappa shape index (κ3) is 4.00. The Bertz CT molecular complexity index is 844. The van der Waals surface area contributed by atoms with E-state index < -0.39 is 5.91 Å². The van der Waals surface area contributed by atoms with Crippen LogP contribution in [0.4, 0.5) is 5.69 Å². The molecular weight excluding hydrogens is 348 g/mol. The van der Waals surface area contributed by atoms with Crippen LogP contribution in [0.5, 0.6) is 0 Å². The van der Waals surface area contributed by atoms with Crippen LogP contribution >= 0.6 is 23.1 Å². The van der Waals surface area contributed by atoms with Crippen molar-refractivity contribution in [3.8, 4) is 10.8 Å². The van der Waals surface area contributed by atoms with Crippen LogP contribution in [0.1, 0.15) is 10.4 Å². The van der Waals surface area contributed by atoms with Crippen molar-refractivity contribution < 1.29 is 14.0 Å². The van der Waals surface area contributed by atoms with Gasteiger partial charge >= 0.3 is 0 Å². The molecule has 0 saturated carbocycles. The Kier molecular flexibility index (Phi) is 4.92. The van der Waals surface area contributed by atoms with Gasteiger partial charge in [0.25, 0.3) is 11.1 Å². The molecule has 0 aliphatic carbocycles. The number of hydrogen-bond acceptors (Lipinski definition) is 7. The van der Waals surface area contributed by atoms with Gasteiger partial charge in [-0.1, -0.05) is 17.8 Å². The molecule has 7 nitrogen and oxygen atoms in total. The molecule has 2 heterocycles. The van der Waals surface area contributed by atoms with Crippen LogP contribution in [0.3, 0.4) is 0 Å². The first-order chi connectivity index (χ1) is 11.6. The smallest absolute Gasteiger partial charge is 0.277 e. The van der Waals surface area contributed by atoms with Gasteiger partial charge in [0.2, 0.25) is 11.8 Å². The molecule has 0 aliphatic rings. The molecule has 2 aromatic heterocycles. The number of carbonyl (C=O) groups excluding carboxylic acids is 2. The van der Waals surface area contributed by atoms with Gasteiger partial charge in [-0.2, -0.15) is 0 Å². The molecule has 24 heavy (non-hydrogen) atoms. The maximum absolute atomic E-state index is 11.9. The average Bonchev–Trinajstić information content (AvgIpc) is 3.25. The zero-order valence-electron chi connectivity index (χ0n) is 12.3. The lowest BCUT2D eigenvalue weighted by atomic mass is 10.2. The van der Waals surface area contributed by atoms with Crippen LogP contribution in [0.15, 0.2) is 51.4 Å². The van der Waals surface area contributed by atoms with Crippen molar-refractivity contribution in [2.24, 2.45) is 5.73 Å². The number of amides is 2. The van der Waals surface area contributed by atoms with E-state index in [-0.39, 0.29) is 11.7 Å². The van der Waals surface area contributed by atoms with Crippen LogP contribution in [-0.2, 0) is 4.79 Å². The summed E-state index contributed by atoms with van der Waals surface area (Å²) in [5.74, 6) is -0.164. The first-order valence-corrected chi connectivity index (χ1v) is 8.68. The Morgan fingerprint density at radius 1 is 1.21 bits per heavy atom. The molecule has 0 unspecified atom stereocenters. The van der Waals surface area contributed by atoms with Crippen molar-refractivity contribution in [3.05, 3.63) is 47.3 Å². The lowest BCUT2D eigenvalue weighted by molar-refractivity contribution is -0.113. The molecule has 3 rings (SSSR count). The van der Waals surface area contributed by atoms with E-state index in [0.717, 1.165) is 16.6 Å². The molecule has 2 amide bonds. The van der Waals surface area contributed by atoms with Gasteiger partial charge in [0, 0.05) is 11.3 Å². The zero-order valence-corrected chi connectivity index (χ0v) is 13.9. The maximum atomic E-state index is 11.9. The standard InChI is InChI=1S/C15H12N4O3S2/c16-13(21)9-3-5-10(6-4-9)17-12(20)8-24-15-19-18-14(22-15)11-2-1-7-23-11/h1-7H,8H2,(H2,16,21)(H,17,20). The van der Waals surface area contributed by atoms with E-state index in [1.165, 1.54) is 11.3 Å². The van der Waals surface area contributed by atoms with Gasteiger partial charge in [0.15, 0.2) is 0 Å². The number of nitrogens with zero attached hydrogens (tertiary/aromatic N) is 2. The van der Waals surface area contributed by atoms with Crippen molar-refractivity contribution >= 4 is 40.6 Å². The Labute approximate surface area is 145 Å². The highest BCUT2D eigenvalue weighted by molar-refractivity contribution is 7.99. The number of aromatic nitrogens is 2. The molecule has 3 N–H and O–H groups in total. The molecule has 9 heteroatoms. The third-order valence-electron chi connectivity index (χ3n) is 2.92. The highest BCUT2D eigenvalue weighted by Gasteiger charge is 2.12. The van der Waals surface area contributed by atoms with Crippen LogP contribution in [0.25, 0.3) is 10.8 Å². The van der Waals surface area contributed by atoms with Crippen molar-refractivity contribution in [3.63, 3.8) is 0 Å². The fourth-order valence-electron chi connectivity index (χ4n) is 1.81. The van der Waals surface area contributed by atoms with Crippen molar-refractivity contribution in [2.75, 3.05) is 11.1 Å². The molecule has 0 radical (unpaired) electrons. The molecule has 0 atom stereocenters. The molecule has 3 aromatic rings. The lowest BCUT2D eigenvalue weighted by Crippen LogP contribution is -2.15. The molecule has 0 bridgehead atoms. The predicted octanol–water partition coefficient (Wildman–Crippen LogP) is 2.63. The highest BCUT2D eigenvalue weighted by Crippen LogP contribution is 2.26. The number of primary amides is 1. The van der Waals surface area contributed by atoms with Gasteiger partial charge in [-0.05, 0) is 35.7 Å². The summed E-state index contributed by atoms with van der Waals surface area (Å²) >= 11 is 2.65. The number of nitrogens with two attached hydrogens (primary N) is 1. The van der Waals surface area contributed by atoms with Crippen LogP contribution < -0.4 is 11.1 Å². The summed E-state index contributed by atoms with van der Waals surface area (Å²) < 4.78 is 5.49. The van der Waals surface area contributed by atoms with E-state index in [9.17, 15) is 9.59 Å². The van der Waals surface area contributed by atoms with Gasteiger partial charge in [-0.25, -0.2) is 0 Å². The van der Waals surface area contributed by atoms with Gasteiger partial charge in [-0.3, -0.25) is 9.59 Å². The van der Waals surface area contributed by atoms with Crippen LogP contribution in [-0.4, -0.2) is 27.8 Å². The van der Waals surface area contributed by atoms with E-state index in [0.29, 0.717) is 22.4 Å². The normalized spacial score (nSPS) is 10.5. The summed E-state index contributed by atoms with van der Waals surface area (Å²) in [6.45, 7) is 0. The van der Waals surface area contributed by atoms with Crippen molar-refractivity contribution in [2.45, 2.75) is 5.22 Å². The van der Waals surface area contributed by atoms with Gasteiger partial charge < -0.3 is 15.5 Å². The van der Waals surface area contributed by atoms with E-state index in [1.807, 2.05) is 17.5 Å². The minimum absolute atomic E-state index is 0.129. The monoisotopic (exact) mass is 360 g/mol. The Morgan fingerprint density at radius 3 is 2.67 bits per heavy atom. The fraction of sp³-hybridized carbons (Fsp3) is 0.0667. The number of rotatable bonds is 6. The van der Waals surface area contributed by atoms with Gasteiger partial charge in [0.1, 0.15) is 0 Å². The largest absolute Gasteiger partial charge is 0.410 e. The zero-order chi connectivity index (χ0) is 16.9. The molecular formula is C15H12N4O3S2. The summed E-state index contributed by atoms with van der Waals surface area (Å²) in [7, 11) is 0. The Hall–Kier alpha value is -2.65. The minimum atomic E-state index is -0.513. The summed E-state index contributed by atoms with van der Waals surface area (Å²) in [6, 6.07) is 10.1. The number of thioether (sulfide) groups is 1. The summed E-state index contributed by atoms with van der Waals surface area (Å²) in [5, 5.41) is 12.8. The van der Waals surface area contributed by atoms with Crippen molar-refractivity contribution in [1.82, 2.24) is 10.2 Å². The fourth-order valence-corrected chi connectivity index (χ4v) is 3.02. The summed E-state index contributed by atoms with van der Waals surface area (Å²) in [4.78, 5) is 23.8. The summed E-state index contributed by atoms with van der Waals surface area (Å²) in [6.07, 6.45) is 0. The number of nitrogens with one attached hydrogen (secondary N) is 1. The molecule has 0 aliphatic heterocycles. The van der Waals surface area contributed by atoms with E-state index >= 15 is 0 Å². The maximum Gasteiger partial charge on any atom is 0.277 e. The average molecular weight is 360 g/mol. The van der Waals surface area contributed by atoms with Crippen LogP contribution in [0, 0.1) is 0 Å². The van der Waals surface area contributed by atoms with E-state index in [2.05, 4.69) is 15.5 Å². The molecule has 122 valence electrons. The predicted molar refractivity (Wildman–Crippen MR) is 91.9 cm³/mol. The second-order valence-corrected chi connectivity index (χ2v) is 6.50. The Balaban J connectivity index is 1.53. The molecule has 0 spiro atoms. The number of thiophene rings is 1. The first-order valence-electron chi connectivity index (χ1n) is 6.82. The molecule has 0 saturated heterocycles. The topological polar surface area (TPSA) is 111 Å². The second kappa shape index (κ2) is 7.28. The van der Waals surface area contributed by atoms with E-state index in [1.54, 1.807) is 24.3 Å². The number of benzene rings is 1. The minimum Gasteiger partial charge on any atom is -0.410 e. The lowest BCUT2D eigenvalue weighted by Gasteiger charge is -2.04. The van der Waals surface area contributed by atoms with Gasteiger partial charge in [0.05, 0.1) is 10.6 Å². The van der Waals surface area contributed by atoms with Gasteiger partial charge in [-0.15, -0.1) is 21.5 Å².